The van der Waals surface area contributed by atoms with Crippen molar-refractivity contribution in [1.29, 1.82) is 0 Å². The molecule has 0 N–H and O–H groups in total. The molecule has 18 heavy (non-hydrogen) atoms. The van der Waals surface area contributed by atoms with E-state index < -0.39 is 9.84 Å². The van der Waals surface area contributed by atoms with Crippen molar-refractivity contribution in [2.75, 3.05) is 11.5 Å². The van der Waals surface area contributed by atoms with Crippen LogP contribution < -0.4 is 0 Å². The molecule has 3 aliphatic carbocycles. The fourth-order valence-electron chi connectivity index (χ4n) is 3.45. The molecule has 0 aromatic rings. The molecule has 0 aliphatic heterocycles. The van der Waals surface area contributed by atoms with Crippen LogP contribution in [0.4, 0.5) is 0 Å². The van der Waals surface area contributed by atoms with Crippen LogP contribution in [-0.4, -0.2) is 25.2 Å². The van der Waals surface area contributed by atoms with E-state index in [4.69, 9.17) is 11.6 Å². The van der Waals surface area contributed by atoms with Crippen molar-refractivity contribution < 1.29 is 13.2 Å². The highest BCUT2D eigenvalue weighted by atomic mass is 35.5. The Morgan fingerprint density at radius 1 is 1.11 bits per heavy atom. The smallest absolute Gasteiger partial charge is 0.227 e. The second-order valence-corrected chi connectivity index (χ2v) is 8.86. The zero-order valence-corrected chi connectivity index (χ0v) is 12.4. The summed E-state index contributed by atoms with van der Waals surface area (Å²) in [6, 6.07) is 0. The Labute approximate surface area is 114 Å². The zero-order chi connectivity index (χ0) is 13.4. The SMILES string of the molecule is CCS(=O)(=O)CCC12CCC(C(=O)Cl)(CC1)CC2. The van der Waals surface area contributed by atoms with E-state index in [9.17, 15) is 13.2 Å². The Balaban J connectivity index is 2.00. The number of carbonyl (C=O) groups excluding carboxylic acids is 1. The maximum Gasteiger partial charge on any atom is 0.227 e. The summed E-state index contributed by atoms with van der Waals surface area (Å²) in [6.45, 7) is 1.70. The summed E-state index contributed by atoms with van der Waals surface area (Å²) in [4.78, 5) is 11.5. The van der Waals surface area contributed by atoms with Gasteiger partial charge >= 0.3 is 0 Å². The van der Waals surface area contributed by atoms with Gasteiger partial charge in [0.15, 0.2) is 0 Å². The minimum absolute atomic E-state index is 0.163. The summed E-state index contributed by atoms with van der Waals surface area (Å²) < 4.78 is 23.2. The molecule has 0 aromatic heterocycles. The highest BCUT2D eigenvalue weighted by Crippen LogP contribution is 2.59. The van der Waals surface area contributed by atoms with Crippen LogP contribution in [0.2, 0.25) is 0 Å². The molecule has 0 amide bonds. The Morgan fingerprint density at radius 2 is 1.61 bits per heavy atom. The van der Waals surface area contributed by atoms with E-state index in [0.29, 0.717) is 5.75 Å². The van der Waals surface area contributed by atoms with Crippen LogP contribution in [-0.2, 0) is 14.6 Å². The third-order valence-electron chi connectivity index (χ3n) is 5.20. The third kappa shape index (κ3) is 2.60. The van der Waals surface area contributed by atoms with Crippen molar-refractivity contribution in [2.24, 2.45) is 10.8 Å². The van der Waals surface area contributed by atoms with Crippen LogP contribution in [0.5, 0.6) is 0 Å². The lowest BCUT2D eigenvalue weighted by atomic mass is 9.53. The molecule has 0 saturated heterocycles. The molecule has 2 bridgehead atoms. The first-order valence-corrected chi connectivity index (χ1v) is 8.94. The van der Waals surface area contributed by atoms with Crippen LogP contribution in [0.15, 0.2) is 0 Å². The number of rotatable bonds is 5. The van der Waals surface area contributed by atoms with Crippen molar-refractivity contribution in [2.45, 2.75) is 51.9 Å². The molecule has 0 unspecified atom stereocenters. The van der Waals surface area contributed by atoms with Gasteiger partial charge in [0.05, 0.1) is 5.75 Å². The van der Waals surface area contributed by atoms with Crippen LogP contribution in [0.3, 0.4) is 0 Å². The number of fused-ring (bicyclic) bond motifs is 3. The molecule has 5 heteroatoms. The molecule has 3 saturated carbocycles. The highest BCUT2D eigenvalue weighted by Gasteiger charge is 2.51. The summed E-state index contributed by atoms with van der Waals surface area (Å²) >= 11 is 5.72. The fourth-order valence-corrected chi connectivity index (χ4v) is 4.77. The largest absolute Gasteiger partial charge is 0.281 e. The van der Waals surface area contributed by atoms with Gasteiger partial charge in [0.25, 0.3) is 0 Å². The Morgan fingerprint density at radius 3 is 2.00 bits per heavy atom. The van der Waals surface area contributed by atoms with Crippen molar-refractivity contribution in [3.05, 3.63) is 0 Å². The number of hydrogen-bond donors (Lipinski definition) is 0. The molecule has 0 heterocycles. The molecular weight excluding hydrogens is 272 g/mol. The van der Waals surface area contributed by atoms with Gasteiger partial charge in [0.1, 0.15) is 9.84 Å². The van der Waals surface area contributed by atoms with Crippen LogP contribution in [0.1, 0.15) is 51.9 Å². The average Bonchev–Trinajstić information content (AvgIpc) is 2.39. The first-order valence-electron chi connectivity index (χ1n) is 6.74. The summed E-state index contributed by atoms with van der Waals surface area (Å²) in [5.41, 5.74) is -0.122. The molecule has 0 radical (unpaired) electrons. The van der Waals surface area contributed by atoms with Gasteiger partial charge in [-0.2, -0.15) is 0 Å². The Bertz CT molecular complexity index is 417. The van der Waals surface area contributed by atoms with E-state index in [-0.39, 0.29) is 21.8 Å². The summed E-state index contributed by atoms with van der Waals surface area (Å²) in [5.74, 6) is 0.526. The maximum atomic E-state index is 11.6. The van der Waals surface area contributed by atoms with Crippen molar-refractivity contribution >= 4 is 26.7 Å². The van der Waals surface area contributed by atoms with Gasteiger partial charge in [-0.05, 0) is 62.0 Å². The standard InChI is InChI=1S/C13H21ClO3S/c1-2-18(16,17)10-9-12-3-6-13(7-4-12,8-5-12)11(14)15/h2-10H2,1H3. The Hall–Kier alpha value is -0.0900. The molecule has 3 aliphatic rings. The number of carbonyl (C=O) groups is 1. The van der Waals surface area contributed by atoms with Gasteiger partial charge in [-0.3, -0.25) is 4.79 Å². The van der Waals surface area contributed by atoms with E-state index in [1.807, 2.05) is 0 Å². The lowest BCUT2D eigenvalue weighted by molar-refractivity contribution is -0.129. The number of halogens is 1. The van der Waals surface area contributed by atoms with E-state index >= 15 is 0 Å². The van der Waals surface area contributed by atoms with E-state index in [1.54, 1.807) is 6.92 Å². The zero-order valence-electron chi connectivity index (χ0n) is 10.9. The second-order valence-electron chi connectivity index (χ2n) is 6.04. The van der Waals surface area contributed by atoms with Crippen LogP contribution in [0, 0.1) is 10.8 Å². The molecule has 0 aromatic carbocycles. The monoisotopic (exact) mass is 292 g/mol. The molecule has 0 atom stereocenters. The molecular formula is C13H21ClO3S. The van der Waals surface area contributed by atoms with Gasteiger partial charge < -0.3 is 0 Å². The van der Waals surface area contributed by atoms with E-state index in [0.717, 1.165) is 44.9 Å². The maximum absolute atomic E-state index is 11.6. The summed E-state index contributed by atoms with van der Waals surface area (Å²) in [6.07, 6.45) is 6.19. The predicted molar refractivity (Wildman–Crippen MR) is 72.4 cm³/mol. The Kier molecular flexibility index (Phi) is 3.81. The van der Waals surface area contributed by atoms with Crippen LogP contribution in [0.25, 0.3) is 0 Å². The molecule has 0 spiro atoms. The average molecular weight is 293 g/mol. The first-order chi connectivity index (χ1) is 8.33. The summed E-state index contributed by atoms with van der Waals surface area (Å²) in [5, 5.41) is -0.183. The van der Waals surface area contributed by atoms with Gasteiger partial charge in [-0.25, -0.2) is 8.42 Å². The summed E-state index contributed by atoms with van der Waals surface area (Å²) in [7, 11) is -2.87. The first kappa shape index (κ1) is 14.3. The molecule has 3 rings (SSSR count). The van der Waals surface area contributed by atoms with Crippen molar-refractivity contribution in [1.82, 2.24) is 0 Å². The number of sulfone groups is 1. The molecule has 3 nitrogen and oxygen atoms in total. The third-order valence-corrected chi connectivity index (χ3v) is 7.31. The number of hydrogen-bond acceptors (Lipinski definition) is 3. The van der Waals surface area contributed by atoms with E-state index in [2.05, 4.69) is 0 Å². The fraction of sp³-hybridized carbons (Fsp3) is 0.923. The van der Waals surface area contributed by atoms with Gasteiger partial charge in [0.2, 0.25) is 5.24 Å². The normalized spacial score (nSPS) is 35.7. The van der Waals surface area contributed by atoms with E-state index in [1.165, 1.54) is 0 Å². The quantitative estimate of drug-likeness (QED) is 0.732. The van der Waals surface area contributed by atoms with Crippen molar-refractivity contribution in [3.8, 4) is 0 Å². The second kappa shape index (κ2) is 4.78. The minimum Gasteiger partial charge on any atom is -0.281 e. The van der Waals surface area contributed by atoms with Gasteiger partial charge in [-0.1, -0.05) is 6.92 Å². The highest BCUT2D eigenvalue weighted by molar-refractivity contribution is 7.91. The predicted octanol–water partition coefficient (Wildman–Crippen LogP) is 2.92. The van der Waals surface area contributed by atoms with Crippen molar-refractivity contribution in [3.63, 3.8) is 0 Å². The topological polar surface area (TPSA) is 51.2 Å². The van der Waals surface area contributed by atoms with Gasteiger partial charge in [0, 0.05) is 11.2 Å². The lowest BCUT2D eigenvalue weighted by Gasteiger charge is -2.52. The van der Waals surface area contributed by atoms with Crippen LogP contribution >= 0.6 is 11.6 Å². The minimum atomic E-state index is -2.87. The lowest BCUT2D eigenvalue weighted by Crippen LogP contribution is -2.45. The molecule has 3 fully saturated rings. The van der Waals surface area contributed by atoms with Gasteiger partial charge in [-0.15, -0.1) is 0 Å². The molecule has 104 valence electrons.